The van der Waals surface area contributed by atoms with Gasteiger partial charge in [0.1, 0.15) is 0 Å². The van der Waals surface area contributed by atoms with Crippen molar-refractivity contribution in [1.29, 1.82) is 0 Å². The highest BCUT2D eigenvalue weighted by Gasteiger charge is 2.38. The summed E-state index contributed by atoms with van der Waals surface area (Å²) in [6, 6.07) is 20.6. The molecular formula is C25H29N3O2S. The maximum atomic E-state index is 13.7. The van der Waals surface area contributed by atoms with E-state index in [1.54, 1.807) is 30.5 Å². The van der Waals surface area contributed by atoms with Crippen molar-refractivity contribution in [2.24, 2.45) is 0 Å². The van der Waals surface area contributed by atoms with Crippen molar-refractivity contribution in [3.8, 4) is 0 Å². The molecule has 2 aromatic carbocycles. The Kier molecular flexibility index (Phi) is 5.75. The van der Waals surface area contributed by atoms with Crippen LogP contribution in [0.25, 0.3) is 0 Å². The number of aromatic nitrogens is 1. The van der Waals surface area contributed by atoms with Crippen molar-refractivity contribution in [3.63, 3.8) is 0 Å². The van der Waals surface area contributed by atoms with Gasteiger partial charge >= 0.3 is 0 Å². The zero-order valence-electron chi connectivity index (χ0n) is 18.3. The smallest absolute Gasteiger partial charge is 0.264 e. The van der Waals surface area contributed by atoms with E-state index in [4.69, 9.17) is 0 Å². The minimum absolute atomic E-state index is 0.0576. The van der Waals surface area contributed by atoms with Crippen LogP contribution in [0.1, 0.15) is 39.2 Å². The maximum Gasteiger partial charge on any atom is 0.264 e. The molecule has 0 unspecified atom stereocenters. The molecule has 162 valence electrons. The number of para-hydroxylation sites is 1. The van der Waals surface area contributed by atoms with Crippen LogP contribution in [0.5, 0.6) is 0 Å². The number of sulfonamides is 1. The molecular weight excluding hydrogens is 406 g/mol. The first-order valence-electron chi connectivity index (χ1n) is 10.8. The number of nitrogens with zero attached hydrogens (tertiary/aromatic N) is 3. The van der Waals surface area contributed by atoms with Crippen LogP contribution in [0.4, 0.5) is 17.2 Å². The van der Waals surface area contributed by atoms with E-state index >= 15 is 0 Å². The van der Waals surface area contributed by atoms with Crippen molar-refractivity contribution in [1.82, 2.24) is 4.98 Å². The van der Waals surface area contributed by atoms with Gasteiger partial charge in [0.15, 0.2) is 5.82 Å². The van der Waals surface area contributed by atoms with E-state index in [1.807, 2.05) is 24.3 Å². The van der Waals surface area contributed by atoms with Gasteiger partial charge in [0.05, 0.1) is 10.6 Å². The van der Waals surface area contributed by atoms with Crippen LogP contribution in [0.15, 0.2) is 77.8 Å². The molecule has 1 aromatic heterocycles. The highest BCUT2D eigenvalue weighted by Crippen LogP contribution is 2.46. The summed E-state index contributed by atoms with van der Waals surface area (Å²) in [6.45, 7) is 7.64. The second kappa shape index (κ2) is 8.35. The summed E-state index contributed by atoms with van der Waals surface area (Å²) in [5, 5.41) is 0. The Morgan fingerprint density at radius 1 is 1.00 bits per heavy atom. The van der Waals surface area contributed by atoms with Gasteiger partial charge in [-0.2, -0.15) is 0 Å². The van der Waals surface area contributed by atoms with Gasteiger partial charge in [-0.05, 0) is 42.3 Å². The van der Waals surface area contributed by atoms with Crippen molar-refractivity contribution in [2.45, 2.75) is 43.9 Å². The zero-order valence-corrected chi connectivity index (χ0v) is 19.1. The quantitative estimate of drug-likeness (QED) is 0.491. The molecule has 0 atom stereocenters. The topological polar surface area (TPSA) is 53.5 Å². The lowest BCUT2D eigenvalue weighted by molar-refractivity contribution is 0.567. The summed E-state index contributed by atoms with van der Waals surface area (Å²) in [5.41, 5.74) is 2.89. The fourth-order valence-corrected chi connectivity index (χ4v) is 5.75. The van der Waals surface area contributed by atoms with E-state index in [9.17, 15) is 8.42 Å². The van der Waals surface area contributed by atoms with Crippen molar-refractivity contribution in [3.05, 3.63) is 78.5 Å². The van der Waals surface area contributed by atoms with Crippen LogP contribution in [0.2, 0.25) is 0 Å². The minimum atomic E-state index is -3.72. The molecule has 1 aliphatic heterocycles. The van der Waals surface area contributed by atoms with E-state index in [2.05, 4.69) is 48.9 Å². The Labute approximate surface area is 185 Å². The van der Waals surface area contributed by atoms with E-state index < -0.39 is 10.0 Å². The first-order chi connectivity index (χ1) is 14.9. The molecule has 5 nitrogen and oxygen atoms in total. The van der Waals surface area contributed by atoms with Crippen LogP contribution in [0.3, 0.4) is 0 Å². The predicted octanol–water partition coefficient (Wildman–Crippen LogP) is 5.51. The average molecular weight is 436 g/mol. The fourth-order valence-electron chi connectivity index (χ4n) is 4.22. The summed E-state index contributed by atoms with van der Waals surface area (Å²) < 4.78 is 28.8. The van der Waals surface area contributed by atoms with Crippen LogP contribution >= 0.6 is 0 Å². The molecule has 4 rings (SSSR count). The molecule has 0 aliphatic carbocycles. The number of hydrogen-bond acceptors (Lipinski definition) is 4. The Hall–Kier alpha value is -2.86. The molecule has 0 spiro atoms. The number of hydrogen-bond donors (Lipinski definition) is 0. The molecule has 0 amide bonds. The van der Waals surface area contributed by atoms with Gasteiger partial charge < -0.3 is 4.90 Å². The van der Waals surface area contributed by atoms with E-state index in [-0.39, 0.29) is 5.41 Å². The summed E-state index contributed by atoms with van der Waals surface area (Å²) in [6.07, 6.45) is 3.40. The van der Waals surface area contributed by atoms with Gasteiger partial charge in [-0.25, -0.2) is 13.4 Å². The molecule has 0 bridgehead atoms. The molecule has 2 heterocycles. The second-order valence-corrected chi connectivity index (χ2v) is 10.4. The first kappa shape index (κ1) is 21.4. The third kappa shape index (κ3) is 3.92. The number of pyridine rings is 1. The Balaban J connectivity index is 1.85. The van der Waals surface area contributed by atoms with Crippen molar-refractivity contribution in [2.75, 3.05) is 22.3 Å². The number of rotatable bonds is 7. The van der Waals surface area contributed by atoms with Gasteiger partial charge in [0.25, 0.3) is 10.0 Å². The van der Waals surface area contributed by atoms with E-state index in [0.29, 0.717) is 22.9 Å². The van der Waals surface area contributed by atoms with Gasteiger partial charge in [-0.3, -0.25) is 4.31 Å². The van der Waals surface area contributed by atoms with Crippen LogP contribution in [-0.4, -0.2) is 26.5 Å². The predicted molar refractivity (Wildman–Crippen MR) is 127 cm³/mol. The van der Waals surface area contributed by atoms with Gasteiger partial charge in [0.2, 0.25) is 0 Å². The van der Waals surface area contributed by atoms with Gasteiger partial charge in [0, 0.05) is 30.4 Å². The van der Waals surface area contributed by atoms with Crippen LogP contribution in [0, 0.1) is 0 Å². The lowest BCUT2D eigenvalue weighted by atomic mass is 9.87. The third-order valence-electron chi connectivity index (χ3n) is 5.81. The Bertz CT molecular complexity index is 1160. The molecule has 0 radical (unpaired) electrons. The number of anilines is 3. The summed E-state index contributed by atoms with van der Waals surface area (Å²) in [5.74, 6) is 0.677. The summed E-state index contributed by atoms with van der Waals surface area (Å²) in [7, 11) is -3.72. The second-order valence-electron chi connectivity index (χ2n) is 8.58. The molecule has 1 aliphatic rings. The minimum Gasteiger partial charge on any atom is -0.323 e. The zero-order chi connectivity index (χ0) is 22.1. The van der Waals surface area contributed by atoms with Gasteiger partial charge in [-0.15, -0.1) is 0 Å². The third-order valence-corrected chi connectivity index (χ3v) is 7.64. The number of benzene rings is 2. The van der Waals surface area contributed by atoms with Crippen molar-refractivity contribution >= 4 is 27.2 Å². The summed E-state index contributed by atoms with van der Waals surface area (Å²) >= 11 is 0. The van der Waals surface area contributed by atoms with Crippen LogP contribution < -0.4 is 9.21 Å². The SMILES string of the molecule is CCCCN(c1cccnc1N1CC(C)(C)c2ccccc21)S(=O)(=O)c1ccccc1. The number of fused-ring (bicyclic) bond motifs is 1. The van der Waals surface area contributed by atoms with E-state index in [1.165, 1.54) is 9.87 Å². The van der Waals surface area contributed by atoms with Gasteiger partial charge in [-0.1, -0.05) is 63.6 Å². The first-order valence-corrected chi connectivity index (χ1v) is 12.2. The van der Waals surface area contributed by atoms with Crippen molar-refractivity contribution < 1.29 is 8.42 Å². The molecule has 0 N–H and O–H groups in total. The van der Waals surface area contributed by atoms with Crippen LogP contribution in [-0.2, 0) is 15.4 Å². The molecule has 0 saturated carbocycles. The highest BCUT2D eigenvalue weighted by molar-refractivity contribution is 7.92. The fraction of sp³-hybridized carbons (Fsp3) is 0.320. The largest absolute Gasteiger partial charge is 0.323 e. The lowest BCUT2D eigenvalue weighted by Crippen LogP contribution is -2.34. The molecule has 0 fully saturated rings. The molecule has 31 heavy (non-hydrogen) atoms. The highest BCUT2D eigenvalue weighted by atomic mass is 32.2. The normalized spacial score (nSPS) is 15.0. The standard InChI is InChI=1S/C25H29N3O2S/c1-4-5-18-28(31(29,30)20-12-7-6-8-13-20)23-16-11-17-26-24(23)27-19-25(2,3)21-14-9-10-15-22(21)27/h6-17H,4-5,18-19H2,1-3H3. The summed E-state index contributed by atoms with van der Waals surface area (Å²) in [4.78, 5) is 7.13. The Morgan fingerprint density at radius 3 is 2.45 bits per heavy atom. The lowest BCUT2D eigenvalue weighted by Gasteiger charge is -2.30. The average Bonchev–Trinajstić information content (AvgIpc) is 3.06. The molecule has 3 aromatic rings. The Morgan fingerprint density at radius 2 is 1.71 bits per heavy atom. The molecule has 6 heteroatoms. The monoisotopic (exact) mass is 435 g/mol. The van der Waals surface area contributed by atoms with E-state index in [0.717, 1.165) is 25.1 Å². The molecule has 0 saturated heterocycles. The number of unbranched alkanes of at least 4 members (excludes halogenated alkanes) is 1. The maximum absolute atomic E-state index is 13.7.